The number of thiophene rings is 1. The fraction of sp³-hybridized carbons (Fsp3) is 0.0476. The zero-order valence-electron chi connectivity index (χ0n) is 16.8. The molecular weight excluding hydrogens is 553 g/mol. The van der Waals surface area contributed by atoms with Crippen molar-refractivity contribution in [1.82, 2.24) is 20.1 Å². The predicted octanol–water partition coefficient (Wildman–Crippen LogP) is 5.80. The molecule has 4 aromatic rings. The lowest BCUT2D eigenvalue weighted by molar-refractivity contribution is 0.0964. The first-order valence-corrected chi connectivity index (χ1v) is 11.8. The molecule has 2 N–H and O–H groups in total. The molecule has 0 aliphatic carbocycles. The molecule has 1 aromatic carbocycles. The largest absolute Gasteiger partial charge is 0.437 e. The van der Waals surface area contributed by atoms with Crippen LogP contribution in [-0.2, 0) is 0 Å². The Labute approximate surface area is 210 Å². The SMILES string of the molecule is CNC(=O)c1cc(Cl)cc(Br)c1NC(=O)c1cc(Oc2ccsc2)nn1-c1ncccc1Cl. The number of benzene rings is 1. The number of ether oxygens (including phenoxy) is 1. The van der Waals surface area contributed by atoms with Gasteiger partial charge in [-0.2, -0.15) is 0 Å². The molecule has 0 saturated heterocycles. The summed E-state index contributed by atoms with van der Waals surface area (Å²) in [5, 5.41) is 13.9. The van der Waals surface area contributed by atoms with E-state index < -0.39 is 11.8 Å². The lowest BCUT2D eigenvalue weighted by Crippen LogP contribution is -2.23. The van der Waals surface area contributed by atoms with Gasteiger partial charge < -0.3 is 15.4 Å². The number of nitrogens with zero attached hydrogens (tertiary/aromatic N) is 3. The average molecular weight is 567 g/mol. The molecule has 0 atom stereocenters. The Morgan fingerprint density at radius 2 is 2.00 bits per heavy atom. The third-order valence-electron chi connectivity index (χ3n) is 4.34. The Balaban J connectivity index is 1.77. The lowest BCUT2D eigenvalue weighted by atomic mass is 10.1. The van der Waals surface area contributed by atoms with E-state index in [0.717, 1.165) is 0 Å². The summed E-state index contributed by atoms with van der Waals surface area (Å²) in [7, 11) is 1.48. The van der Waals surface area contributed by atoms with Crippen molar-refractivity contribution in [3.05, 3.63) is 79.1 Å². The van der Waals surface area contributed by atoms with Crippen LogP contribution >= 0.6 is 50.5 Å². The van der Waals surface area contributed by atoms with E-state index in [0.29, 0.717) is 15.2 Å². The van der Waals surface area contributed by atoms with Crippen LogP contribution in [0.3, 0.4) is 0 Å². The number of amides is 2. The van der Waals surface area contributed by atoms with E-state index >= 15 is 0 Å². The van der Waals surface area contributed by atoms with E-state index in [-0.39, 0.29) is 33.7 Å². The van der Waals surface area contributed by atoms with Crippen LogP contribution in [0.15, 0.2) is 57.8 Å². The molecule has 0 fully saturated rings. The molecule has 0 saturated carbocycles. The number of pyridine rings is 1. The van der Waals surface area contributed by atoms with Gasteiger partial charge in [-0.1, -0.05) is 23.2 Å². The number of aromatic nitrogens is 3. The van der Waals surface area contributed by atoms with Gasteiger partial charge in [-0.15, -0.1) is 16.4 Å². The number of nitrogens with one attached hydrogen (secondary N) is 2. The maximum Gasteiger partial charge on any atom is 0.274 e. The van der Waals surface area contributed by atoms with E-state index in [1.54, 1.807) is 29.6 Å². The van der Waals surface area contributed by atoms with Gasteiger partial charge >= 0.3 is 0 Å². The maximum absolute atomic E-state index is 13.4. The molecule has 0 spiro atoms. The van der Waals surface area contributed by atoms with E-state index in [2.05, 4.69) is 36.6 Å². The summed E-state index contributed by atoms with van der Waals surface area (Å²) in [6.45, 7) is 0. The minimum Gasteiger partial charge on any atom is -0.437 e. The molecule has 12 heteroatoms. The zero-order valence-corrected chi connectivity index (χ0v) is 20.7. The van der Waals surface area contributed by atoms with Crippen LogP contribution in [0.5, 0.6) is 11.6 Å². The first-order valence-electron chi connectivity index (χ1n) is 9.31. The average Bonchev–Trinajstić information content (AvgIpc) is 3.45. The number of hydrogen-bond donors (Lipinski definition) is 2. The molecule has 168 valence electrons. The minimum atomic E-state index is -0.572. The normalized spacial score (nSPS) is 10.7. The third-order valence-corrected chi connectivity index (χ3v) is 6.14. The van der Waals surface area contributed by atoms with Crippen LogP contribution in [0.2, 0.25) is 10.0 Å². The Hall–Kier alpha value is -2.92. The summed E-state index contributed by atoms with van der Waals surface area (Å²) in [4.78, 5) is 30.0. The first-order chi connectivity index (χ1) is 15.9. The van der Waals surface area contributed by atoms with Crippen molar-refractivity contribution in [2.24, 2.45) is 0 Å². The number of rotatable bonds is 6. The molecule has 0 radical (unpaired) electrons. The molecule has 8 nitrogen and oxygen atoms in total. The molecule has 2 amide bonds. The third kappa shape index (κ3) is 5.03. The van der Waals surface area contributed by atoms with Crippen molar-refractivity contribution in [2.75, 3.05) is 12.4 Å². The smallest absolute Gasteiger partial charge is 0.274 e. The molecule has 3 aromatic heterocycles. The first kappa shape index (κ1) is 23.2. The van der Waals surface area contributed by atoms with Crippen LogP contribution in [0, 0.1) is 0 Å². The maximum atomic E-state index is 13.4. The Morgan fingerprint density at radius 1 is 1.18 bits per heavy atom. The van der Waals surface area contributed by atoms with Crippen LogP contribution in [0.1, 0.15) is 20.8 Å². The van der Waals surface area contributed by atoms with E-state index in [9.17, 15) is 9.59 Å². The van der Waals surface area contributed by atoms with Gasteiger partial charge in [0.1, 0.15) is 11.4 Å². The van der Waals surface area contributed by atoms with Gasteiger partial charge in [-0.3, -0.25) is 9.59 Å². The Morgan fingerprint density at radius 3 is 2.70 bits per heavy atom. The highest BCUT2D eigenvalue weighted by Gasteiger charge is 2.23. The summed E-state index contributed by atoms with van der Waals surface area (Å²) in [5.41, 5.74) is 0.511. The van der Waals surface area contributed by atoms with Crippen LogP contribution in [-0.4, -0.2) is 33.6 Å². The fourth-order valence-corrected chi connectivity index (χ4v) is 4.55. The Kier molecular flexibility index (Phi) is 6.99. The van der Waals surface area contributed by atoms with Crippen LogP contribution in [0.25, 0.3) is 5.82 Å². The van der Waals surface area contributed by atoms with E-state index in [1.165, 1.54) is 41.4 Å². The van der Waals surface area contributed by atoms with Gasteiger partial charge in [0, 0.05) is 34.2 Å². The van der Waals surface area contributed by atoms with Gasteiger partial charge in [-0.25, -0.2) is 9.67 Å². The number of hydrogen-bond acceptors (Lipinski definition) is 6. The topological polar surface area (TPSA) is 98.1 Å². The molecule has 33 heavy (non-hydrogen) atoms. The molecule has 3 heterocycles. The van der Waals surface area contributed by atoms with Crippen molar-refractivity contribution in [2.45, 2.75) is 0 Å². The molecule has 0 aliphatic heterocycles. The second-order valence-electron chi connectivity index (χ2n) is 6.49. The van der Waals surface area contributed by atoms with Crippen molar-refractivity contribution in [3.63, 3.8) is 0 Å². The number of carbonyl (C=O) groups excluding carboxylic acids is 2. The molecule has 4 rings (SSSR count). The number of carbonyl (C=O) groups is 2. The molecule has 0 bridgehead atoms. The van der Waals surface area contributed by atoms with Gasteiger partial charge in [0.05, 0.1) is 16.3 Å². The summed E-state index contributed by atoms with van der Waals surface area (Å²) in [6, 6.07) is 9.56. The molecule has 0 unspecified atom stereocenters. The van der Waals surface area contributed by atoms with Gasteiger partial charge in [0.25, 0.3) is 11.8 Å². The number of halogens is 3. The summed E-state index contributed by atoms with van der Waals surface area (Å²) < 4.78 is 7.47. The second-order valence-corrected chi connectivity index (χ2v) is 8.97. The van der Waals surface area contributed by atoms with E-state index in [1.807, 2.05) is 5.38 Å². The highest BCUT2D eigenvalue weighted by Crippen LogP contribution is 2.32. The monoisotopic (exact) mass is 565 g/mol. The van der Waals surface area contributed by atoms with Crippen molar-refractivity contribution >= 4 is 68.0 Å². The quantitative estimate of drug-likeness (QED) is 0.307. The highest BCUT2D eigenvalue weighted by molar-refractivity contribution is 9.10. The van der Waals surface area contributed by atoms with Crippen molar-refractivity contribution in [1.29, 1.82) is 0 Å². The van der Waals surface area contributed by atoms with Gasteiger partial charge in [-0.05, 0) is 51.6 Å². The van der Waals surface area contributed by atoms with Gasteiger partial charge in [0.2, 0.25) is 5.88 Å². The van der Waals surface area contributed by atoms with Crippen molar-refractivity contribution in [3.8, 4) is 17.4 Å². The standard InChI is InChI=1S/C21H14BrCl2N5O3S/c1-25-20(30)13-7-11(23)8-14(22)18(13)27-21(31)16-9-17(32-12-4-6-33-10-12)28-29(16)19-15(24)3-2-5-26-19/h2-10H,1H3,(H,25,30)(H,27,31). The molecule has 0 aliphatic rings. The van der Waals surface area contributed by atoms with Crippen molar-refractivity contribution < 1.29 is 14.3 Å². The summed E-state index contributed by atoms with van der Waals surface area (Å²) >= 11 is 17.2. The summed E-state index contributed by atoms with van der Waals surface area (Å²) in [6.07, 6.45) is 1.53. The summed E-state index contributed by atoms with van der Waals surface area (Å²) in [5.74, 6) is -0.00644. The van der Waals surface area contributed by atoms with Gasteiger partial charge in [0.15, 0.2) is 5.82 Å². The van der Waals surface area contributed by atoms with Crippen LogP contribution < -0.4 is 15.4 Å². The fourth-order valence-electron chi connectivity index (χ4n) is 2.89. The second kappa shape index (κ2) is 9.92. The predicted molar refractivity (Wildman–Crippen MR) is 131 cm³/mol. The van der Waals surface area contributed by atoms with E-state index in [4.69, 9.17) is 27.9 Å². The Bertz CT molecular complexity index is 1340. The zero-order chi connectivity index (χ0) is 23.5. The number of anilines is 1. The molecular formula is C21H14BrCl2N5O3S. The minimum absolute atomic E-state index is 0.0885. The lowest BCUT2D eigenvalue weighted by Gasteiger charge is -2.13. The highest BCUT2D eigenvalue weighted by atomic mass is 79.9. The van der Waals surface area contributed by atoms with Crippen LogP contribution in [0.4, 0.5) is 5.69 Å².